The monoisotopic (exact) mass is 368 g/mol. The molecule has 112 valence electrons. The smallest absolute Gasteiger partial charge is 0.238 e. The summed E-state index contributed by atoms with van der Waals surface area (Å²) in [5, 5.41) is 8.48. The second kappa shape index (κ2) is 6.70. The fraction of sp³-hybridized carbons (Fsp3) is 0.200. The number of sulfonamides is 1. The summed E-state index contributed by atoms with van der Waals surface area (Å²) in [7, 11) is -3.63. The summed E-state index contributed by atoms with van der Waals surface area (Å²) in [4.78, 5) is 0.130. The third-order valence-corrected chi connectivity index (χ3v) is 4.89. The summed E-state index contributed by atoms with van der Waals surface area (Å²) in [5.74, 6) is 0. The van der Waals surface area contributed by atoms with Gasteiger partial charge in [0.1, 0.15) is 0 Å². The fourth-order valence-electron chi connectivity index (χ4n) is 2.00. The Morgan fingerprint density at radius 3 is 2.33 bits per heavy atom. The summed E-state index contributed by atoms with van der Waals surface area (Å²) < 4.78 is 23.4. The second-order valence-electron chi connectivity index (χ2n) is 4.81. The van der Waals surface area contributed by atoms with Crippen LogP contribution >= 0.6 is 15.9 Å². The van der Waals surface area contributed by atoms with Crippen molar-refractivity contribution in [2.24, 2.45) is 5.14 Å². The first-order valence-electron chi connectivity index (χ1n) is 6.47. The molecule has 0 amide bonds. The zero-order valence-electron chi connectivity index (χ0n) is 11.6. The van der Waals surface area contributed by atoms with Gasteiger partial charge in [-0.05, 0) is 36.2 Å². The Morgan fingerprint density at radius 2 is 1.76 bits per heavy atom. The van der Waals surface area contributed by atoms with Crippen molar-refractivity contribution in [3.05, 3.63) is 64.1 Å². The molecule has 2 aromatic carbocycles. The van der Waals surface area contributed by atoms with Crippen LogP contribution in [-0.4, -0.2) is 8.42 Å². The summed E-state index contributed by atoms with van der Waals surface area (Å²) in [6.45, 7) is 2.73. The molecule has 3 N–H and O–H groups in total. The molecule has 0 aromatic heterocycles. The molecule has 0 radical (unpaired) electrons. The normalized spacial score (nSPS) is 13.1. The van der Waals surface area contributed by atoms with Gasteiger partial charge in [-0.1, -0.05) is 46.3 Å². The van der Waals surface area contributed by atoms with Crippen LogP contribution in [0.2, 0.25) is 0 Å². The maximum atomic E-state index is 11.2. The Labute approximate surface area is 133 Å². The number of nitrogens with one attached hydrogen (secondary N) is 1. The first-order valence-corrected chi connectivity index (χ1v) is 8.81. The number of benzene rings is 2. The minimum absolute atomic E-state index is 0.130. The third-order valence-electron chi connectivity index (χ3n) is 3.24. The third kappa shape index (κ3) is 4.38. The highest BCUT2D eigenvalue weighted by atomic mass is 79.9. The van der Waals surface area contributed by atoms with E-state index >= 15 is 0 Å². The topological polar surface area (TPSA) is 72.2 Å². The van der Waals surface area contributed by atoms with Gasteiger partial charge in [-0.25, -0.2) is 13.6 Å². The highest BCUT2D eigenvalue weighted by Gasteiger charge is 2.09. The Bertz CT molecular complexity index is 715. The molecule has 0 aliphatic carbocycles. The molecule has 4 nitrogen and oxygen atoms in total. The van der Waals surface area contributed by atoms with Gasteiger partial charge in [-0.3, -0.25) is 0 Å². The number of rotatable bonds is 5. The van der Waals surface area contributed by atoms with Gasteiger partial charge in [0.15, 0.2) is 0 Å². The lowest BCUT2D eigenvalue weighted by atomic mass is 10.1. The first-order chi connectivity index (χ1) is 9.88. The van der Waals surface area contributed by atoms with Gasteiger partial charge in [0, 0.05) is 17.1 Å². The highest BCUT2D eigenvalue weighted by molar-refractivity contribution is 9.10. The van der Waals surface area contributed by atoms with Crippen LogP contribution in [0, 0.1) is 0 Å². The van der Waals surface area contributed by atoms with E-state index in [1.54, 1.807) is 12.1 Å². The number of hydrogen-bond acceptors (Lipinski definition) is 3. The van der Waals surface area contributed by atoms with Crippen molar-refractivity contribution in [2.45, 2.75) is 24.4 Å². The summed E-state index contributed by atoms with van der Waals surface area (Å²) in [6, 6.07) is 14.8. The zero-order chi connectivity index (χ0) is 15.5. The predicted molar refractivity (Wildman–Crippen MR) is 87.2 cm³/mol. The first kappa shape index (κ1) is 16.2. The standard InChI is InChI=1S/C15H17BrN2O2S/c1-11(14-4-2-3-5-15(14)16)18-10-12-6-8-13(9-7-12)21(17,19)20/h2-9,11,18H,10H2,1H3,(H2,17,19,20). The van der Waals surface area contributed by atoms with Crippen LogP contribution in [0.15, 0.2) is 57.9 Å². The maximum absolute atomic E-state index is 11.2. The summed E-state index contributed by atoms with van der Waals surface area (Å²) in [6.07, 6.45) is 0. The predicted octanol–water partition coefficient (Wildman–Crippen LogP) is 2.95. The van der Waals surface area contributed by atoms with E-state index in [2.05, 4.69) is 34.2 Å². The molecule has 2 rings (SSSR count). The Morgan fingerprint density at radius 1 is 1.14 bits per heavy atom. The van der Waals surface area contributed by atoms with E-state index < -0.39 is 10.0 Å². The number of hydrogen-bond donors (Lipinski definition) is 2. The maximum Gasteiger partial charge on any atom is 0.238 e. The lowest BCUT2D eigenvalue weighted by molar-refractivity contribution is 0.572. The van der Waals surface area contributed by atoms with Crippen molar-refractivity contribution in [3.63, 3.8) is 0 Å². The quantitative estimate of drug-likeness (QED) is 0.851. The van der Waals surface area contributed by atoms with Gasteiger partial charge in [0.05, 0.1) is 4.90 Å². The van der Waals surface area contributed by atoms with Crippen LogP contribution in [-0.2, 0) is 16.6 Å². The average Bonchev–Trinajstić information content (AvgIpc) is 2.45. The lowest BCUT2D eigenvalue weighted by Crippen LogP contribution is -2.18. The molecule has 2 aromatic rings. The van der Waals surface area contributed by atoms with E-state index in [1.165, 1.54) is 17.7 Å². The SMILES string of the molecule is CC(NCc1ccc(S(N)(=O)=O)cc1)c1ccccc1Br. The number of halogens is 1. The van der Waals surface area contributed by atoms with E-state index in [0.29, 0.717) is 6.54 Å². The molecular formula is C15H17BrN2O2S. The van der Waals surface area contributed by atoms with Gasteiger partial charge < -0.3 is 5.32 Å². The van der Waals surface area contributed by atoms with E-state index in [4.69, 9.17) is 5.14 Å². The highest BCUT2D eigenvalue weighted by Crippen LogP contribution is 2.23. The Hall–Kier alpha value is -1.21. The van der Waals surface area contributed by atoms with Gasteiger partial charge in [-0.2, -0.15) is 0 Å². The number of primary sulfonamides is 1. The van der Waals surface area contributed by atoms with Crippen LogP contribution in [0.1, 0.15) is 24.1 Å². The van der Waals surface area contributed by atoms with Crippen LogP contribution in [0.25, 0.3) is 0 Å². The van der Waals surface area contributed by atoms with Crippen molar-refractivity contribution in [3.8, 4) is 0 Å². The largest absolute Gasteiger partial charge is 0.306 e. The van der Waals surface area contributed by atoms with Gasteiger partial charge in [-0.15, -0.1) is 0 Å². The van der Waals surface area contributed by atoms with Crippen LogP contribution in [0.5, 0.6) is 0 Å². The lowest BCUT2D eigenvalue weighted by Gasteiger charge is -2.16. The van der Waals surface area contributed by atoms with Crippen LogP contribution in [0.4, 0.5) is 0 Å². The van der Waals surface area contributed by atoms with E-state index in [0.717, 1.165) is 10.0 Å². The molecule has 0 saturated carbocycles. The van der Waals surface area contributed by atoms with E-state index in [-0.39, 0.29) is 10.9 Å². The molecule has 6 heteroatoms. The molecule has 0 saturated heterocycles. The van der Waals surface area contributed by atoms with Gasteiger partial charge in [0.2, 0.25) is 10.0 Å². The van der Waals surface area contributed by atoms with E-state index in [9.17, 15) is 8.42 Å². The fourth-order valence-corrected chi connectivity index (χ4v) is 3.15. The van der Waals surface area contributed by atoms with Crippen molar-refractivity contribution in [1.29, 1.82) is 0 Å². The van der Waals surface area contributed by atoms with Crippen LogP contribution in [0.3, 0.4) is 0 Å². The molecule has 21 heavy (non-hydrogen) atoms. The summed E-state index contributed by atoms with van der Waals surface area (Å²) in [5.41, 5.74) is 2.18. The molecule has 0 fully saturated rings. The molecule has 0 aliphatic heterocycles. The Balaban J connectivity index is 2.02. The van der Waals surface area contributed by atoms with Crippen molar-refractivity contribution in [1.82, 2.24) is 5.32 Å². The molecule has 1 atom stereocenters. The molecule has 0 spiro atoms. The molecule has 1 unspecified atom stereocenters. The second-order valence-corrected chi connectivity index (χ2v) is 7.23. The Kier molecular flexibility index (Phi) is 5.16. The van der Waals surface area contributed by atoms with Gasteiger partial charge in [0.25, 0.3) is 0 Å². The molecular weight excluding hydrogens is 352 g/mol. The van der Waals surface area contributed by atoms with E-state index in [1.807, 2.05) is 18.2 Å². The molecule has 0 heterocycles. The molecule has 0 bridgehead atoms. The van der Waals surface area contributed by atoms with Crippen molar-refractivity contribution >= 4 is 26.0 Å². The van der Waals surface area contributed by atoms with Gasteiger partial charge >= 0.3 is 0 Å². The zero-order valence-corrected chi connectivity index (χ0v) is 14.0. The van der Waals surface area contributed by atoms with Crippen LogP contribution < -0.4 is 10.5 Å². The number of nitrogens with two attached hydrogens (primary N) is 1. The average molecular weight is 369 g/mol. The van der Waals surface area contributed by atoms with Crippen molar-refractivity contribution < 1.29 is 8.42 Å². The van der Waals surface area contributed by atoms with Crippen molar-refractivity contribution in [2.75, 3.05) is 0 Å². The molecule has 0 aliphatic rings. The summed E-state index contributed by atoms with van der Waals surface area (Å²) >= 11 is 3.53. The minimum Gasteiger partial charge on any atom is -0.306 e. The minimum atomic E-state index is -3.63.